The molecule has 7 nitrogen and oxygen atoms in total. The Hall–Kier alpha value is -3.23. The molecular formula is C13H7F2N3O4. The maximum absolute atomic E-state index is 13.9. The molecule has 0 unspecified atom stereocenters. The van der Waals surface area contributed by atoms with Gasteiger partial charge in [-0.25, -0.2) is 18.3 Å². The second-order valence-corrected chi connectivity index (χ2v) is 4.40. The molecule has 1 aromatic carbocycles. The SMILES string of the molecule is O=C(O)c1nn(-c2cc(F)ccc2F)c2[nH]c(=O)cc(O)c12. The molecule has 0 atom stereocenters. The Morgan fingerprint density at radius 2 is 2.00 bits per heavy atom. The Balaban J connectivity index is 2.47. The predicted molar refractivity (Wildman–Crippen MR) is 70.2 cm³/mol. The zero-order chi connectivity index (χ0) is 16.0. The Morgan fingerprint density at radius 3 is 2.68 bits per heavy atom. The number of nitrogens with zero attached hydrogens (tertiary/aromatic N) is 2. The number of aromatic carboxylic acids is 1. The number of carboxylic acids is 1. The first kappa shape index (κ1) is 13.7. The van der Waals surface area contributed by atoms with Crippen LogP contribution in [0.1, 0.15) is 10.5 Å². The van der Waals surface area contributed by atoms with E-state index in [-0.39, 0.29) is 11.0 Å². The molecule has 0 radical (unpaired) electrons. The smallest absolute Gasteiger partial charge is 0.357 e. The summed E-state index contributed by atoms with van der Waals surface area (Å²) >= 11 is 0. The van der Waals surface area contributed by atoms with Gasteiger partial charge in [0, 0.05) is 12.1 Å². The van der Waals surface area contributed by atoms with Gasteiger partial charge in [-0.15, -0.1) is 0 Å². The summed E-state index contributed by atoms with van der Waals surface area (Å²) in [6, 6.07) is 3.26. The standard InChI is InChI=1S/C13H7F2N3O4/c14-5-1-2-6(15)7(3-5)18-12-10(11(17-18)13(21)22)8(19)4-9(20)16-12/h1-4H,(H,21,22)(H2,16,19,20). The van der Waals surface area contributed by atoms with Crippen LogP contribution in [0.3, 0.4) is 0 Å². The van der Waals surface area contributed by atoms with Crippen LogP contribution in [-0.2, 0) is 0 Å². The van der Waals surface area contributed by atoms with Crippen molar-refractivity contribution in [2.24, 2.45) is 0 Å². The van der Waals surface area contributed by atoms with Gasteiger partial charge < -0.3 is 15.2 Å². The van der Waals surface area contributed by atoms with Crippen LogP contribution in [0.4, 0.5) is 8.78 Å². The van der Waals surface area contributed by atoms with Crippen molar-refractivity contribution in [3.05, 3.63) is 51.9 Å². The van der Waals surface area contributed by atoms with Crippen molar-refractivity contribution in [1.82, 2.24) is 14.8 Å². The number of aromatic amines is 1. The fourth-order valence-electron chi connectivity index (χ4n) is 2.10. The fraction of sp³-hybridized carbons (Fsp3) is 0. The number of carbonyl (C=O) groups is 1. The van der Waals surface area contributed by atoms with Crippen LogP contribution in [0.2, 0.25) is 0 Å². The zero-order valence-corrected chi connectivity index (χ0v) is 10.7. The molecule has 2 heterocycles. The lowest BCUT2D eigenvalue weighted by Crippen LogP contribution is -2.08. The molecule has 9 heteroatoms. The third-order valence-corrected chi connectivity index (χ3v) is 2.99. The van der Waals surface area contributed by atoms with E-state index in [0.717, 1.165) is 28.9 Å². The van der Waals surface area contributed by atoms with Crippen molar-refractivity contribution in [3.63, 3.8) is 0 Å². The van der Waals surface area contributed by atoms with Gasteiger partial charge in [0.15, 0.2) is 5.69 Å². The first-order valence-electron chi connectivity index (χ1n) is 5.92. The van der Waals surface area contributed by atoms with Crippen molar-refractivity contribution in [3.8, 4) is 11.4 Å². The summed E-state index contributed by atoms with van der Waals surface area (Å²) in [5.41, 5.74) is -2.02. The molecule has 0 aliphatic rings. The second-order valence-electron chi connectivity index (χ2n) is 4.40. The molecular weight excluding hydrogens is 300 g/mol. The molecule has 0 amide bonds. The number of H-pyrrole nitrogens is 1. The predicted octanol–water partition coefficient (Wildman–Crippen LogP) is 1.40. The average molecular weight is 307 g/mol. The van der Waals surface area contributed by atoms with Gasteiger partial charge in [0.25, 0.3) is 5.56 Å². The Labute approximate surface area is 120 Å². The first-order chi connectivity index (χ1) is 10.4. The summed E-state index contributed by atoms with van der Waals surface area (Å²) in [6.07, 6.45) is 0. The van der Waals surface area contributed by atoms with Gasteiger partial charge in [-0.05, 0) is 12.1 Å². The summed E-state index contributed by atoms with van der Waals surface area (Å²) < 4.78 is 27.9. The van der Waals surface area contributed by atoms with Crippen molar-refractivity contribution in [2.75, 3.05) is 0 Å². The van der Waals surface area contributed by atoms with Gasteiger partial charge in [0.1, 0.15) is 28.7 Å². The molecule has 2 aromatic heterocycles. The van der Waals surface area contributed by atoms with E-state index < -0.39 is 40.3 Å². The highest BCUT2D eigenvalue weighted by Gasteiger charge is 2.23. The van der Waals surface area contributed by atoms with Crippen molar-refractivity contribution in [2.45, 2.75) is 0 Å². The molecule has 3 aromatic rings. The van der Waals surface area contributed by atoms with Gasteiger partial charge in [-0.1, -0.05) is 0 Å². The lowest BCUT2D eigenvalue weighted by atomic mass is 10.2. The van der Waals surface area contributed by atoms with Crippen LogP contribution in [0.15, 0.2) is 29.1 Å². The molecule has 0 fully saturated rings. The molecule has 3 rings (SSSR count). The van der Waals surface area contributed by atoms with E-state index in [1.807, 2.05) is 0 Å². The quantitative estimate of drug-likeness (QED) is 0.663. The number of aromatic hydroxyl groups is 1. The summed E-state index contributed by atoms with van der Waals surface area (Å²) in [5.74, 6) is -3.78. The highest BCUT2D eigenvalue weighted by molar-refractivity contribution is 6.03. The number of pyridine rings is 1. The molecule has 0 saturated heterocycles. The fourth-order valence-corrected chi connectivity index (χ4v) is 2.10. The van der Waals surface area contributed by atoms with Crippen LogP contribution in [-0.4, -0.2) is 30.9 Å². The molecule has 0 aliphatic carbocycles. The number of rotatable bonds is 2. The zero-order valence-electron chi connectivity index (χ0n) is 10.7. The summed E-state index contributed by atoms with van der Waals surface area (Å²) in [5, 5.41) is 22.2. The van der Waals surface area contributed by atoms with E-state index in [2.05, 4.69) is 10.1 Å². The first-order valence-corrected chi connectivity index (χ1v) is 5.92. The summed E-state index contributed by atoms with van der Waals surface area (Å²) in [7, 11) is 0. The maximum atomic E-state index is 13.9. The number of nitrogens with one attached hydrogen (secondary N) is 1. The minimum Gasteiger partial charge on any atom is -0.507 e. The van der Waals surface area contributed by atoms with E-state index in [4.69, 9.17) is 5.11 Å². The number of hydrogen-bond donors (Lipinski definition) is 3. The number of hydrogen-bond acceptors (Lipinski definition) is 4. The Bertz CT molecular complexity index is 977. The maximum Gasteiger partial charge on any atom is 0.357 e. The lowest BCUT2D eigenvalue weighted by Gasteiger charge is -2.04. The molecule has 0 bridgehead atoms. The Morgan fingerprint density at radius 1 is 1.27 bits per heavy atom. The normalized spacial score (nSPS) is 11.0. The summed E-state index contributed by atoms with van der Waals surface area (Å²) in [6.45, 7) is 0. The topological polar surface area (TPSA) is 108 Å². The van der Waals surface area contributed by atoms with Crippen molar-refractivity contribution < 1.29 is 23.8 Å². The third kappa shape index (κ3) is 1.99. The van der Waals surface area contributed by atoms with Crippen LogP contribution in [0.5, 0.6) is 5.75 Å². The number of fused-ring (bicyclic) bond motifs is 1. The van der Waals surface area contributed by atoms with Crippen LogP contribution in [0, 0.1) is 11.6 Å². The third-order valence-electron chi connectivity index (χ3n) is 2.99. The van der Waals surface area contributed by atoms with Gasteiger partial charge in [0.2, 0.25) is 0 Å². The largest absolute Gasteiger partial charge is 0.507 e. The van der Waals surface area contributed by atoms with Gasteiger partial charge in [0.05, 0.1) is 5.39 Å². The number of benzene rings is 1. The van der Waals surface area contributed by atoms with Gasteiger partial charge >= 0.3 is 5.97 Å². The minimum absolute atomic E-state index is 0.257. The van der Waals surface area contributed by atoms with Crippen LogP contribution in [0.25, 0.3) is 16.7 Å². The average Bonchev–Trinajstić information content (AvgIpc) is 2.81. The van der Waals surface area contributed by atoms with Gasteiger partial charge in [-0.3, -0.25) is 4.79 Å². The Kier molecular flexibility index (Phi) is 2.91. The van der Waals surface area contributed by atoms with E-state index in [1.54, 1.807) is 0 Å². The highest BCUT2D eigenvalue weighted by Crippen LogP contribution is 2.28. The highest BCUT2D eigenvalue weighted by atomic mass is 19.1. The molecule has 0 aliphatic heterocycles. The molecule has 112 valence electrons. The molecule has 3 N–H and O–H groups in total. The minimum atomic E-state index is -1.50. The molecule has 0 spiro atoms. The van der Waals surface area contributed by atoms with E-state index in [0.29, 0.717) is 0 Å². The molecule has 22 heavy (non-hydrogen) atoms. The van der Waals surface area contributed by atoms with E-state index in [1.165, 1.54) is 0 Å². The second kappa shape index (κ2) is 4.65. The van der Waals surface area contributed by atoms with E-state index in [9.17, 15) is 23.5 Å². The van der Waals surface area contributed by atoms with Crippen LogP contribution < -0.4 is 5.56 Å². The number of aromatic nitrogens is 3. The van der Waals surface area contributed by atoms with Crippen molar-refractivity contribution >= 4 is 17.0 Å². The molecule has 0 saturated carbocycles. The van der Waals surface area contributed by atoms with Crippen LogP contribution >= 0.6 is 0 Å². The van der Waals surface area contributed by atoms with Crippen molar-refractivity contribution in [1.29, 1.82) is 0 Å². The number of halogens is 2. The summed E-state index contributed by atoms with van der Waals surface area (Å²) in [4.78, 5) is 24.9. The lowest BCUT2D eigenvalue weighted by molar-refractivity contribution is 0.0691. The van der Waals surface area contributed by atoms with Gasteiger partial charge in [-0.2, -0.15) is 5.10 Å². The van der Waals surface area contributed by atoms with E-state index >= 15 is 0 Å². The number of carboxylic acid groups (broad SMARTS) is 1. The monoisotopic (exact) mass is 307 g/mol.